The van der Waals surface area contributed by atoms with Crippen LogP contribution in [0.25, 0.3) is 0 Å². The first-order chi connectivity index (χ1) is 16.9. The number of nitrogens with one attached hydrogen (secondary N) is 1. The molecule has 0 atom stereocenters. The minimum absolute atomic E-state index is 0.394. The second kappa shape index (κ2) is 13.1. The highest BCUT2D eigenvalue weighted by atomic mass is 19.1. The van der Waals surface area contributed by atoms with E-state index in [1.165, 1.54) is 23.6 Å². The number of aromatic nitrogens is 2. The number of anilines is 2. The third kappa shape index (κ3) is 8.78. The second-order valence-corrected chi connectivity index (χ2v) is 8.00. The van der Waals surface area contributed by atoms with Gasteiger partial charge in [0.15, 0.2) is 5.82 Å². The van der Waals surface area contributed by atoms with Gasteiger partial charge in [-0.15, -0.1) is 0 Å². The molecule has 0 unspecified atom stereocenters. The van der Waals surface area contributed by atoms with Gasteiger partial charge < -0.3 is 20.4 Å². The molecule has 0 aliphatic carbocycles. The maximum Gasteiger partial charge on any atom is 0.328 e. The van der Waals surface area contributed by atoms with Crippen LogP contribution in [0.5, 0.6) is 0 Å². The van der Waals surface area contributed by atoms with E-state index in [4.69, 9.17) is 15.2 Å². The lowest BCUT2D eigenvalue weighted by Gasteiger charge is -2.34. The molecule has 186 valence electrons. The Morgan fingerprint density at radius 2 is 1.69 bits per heavy atom. The second-order valence-electron chi connectivity index (χ2n) is 8.00. The van der Waals surface area contributed by atoms with E-state index < -0.39 is 17.8 Å². The van der Waals surface area contributed by atoms with Crippen molar-refractivity contribution in [2.75, 3.05) is 49.5 Å². The number of fused-ring (bicyclic) bond motifs is 1. The number of halogens is 1. The van der Waals surface area contributed by atoms with Crippen LogP contribution in [-0.4, -0.2) is 82.1 Å². The number of rotatable bonds is 7. The smallest absolute Gasteiger partial charge is 0.328 e. The van der Waals surface area contributed by atoms with Crippen LogP contribution in [-0.2, 0) is 16.0 Å². The van der Waals surface area contributed by atoms with E-state index in [-0.39, 0.29) is 0 Å². The van der Waals surface area contributed by atoms with Crippen LogP contribution in [0.1, 0.15) is 18.4 Å². The van der Waals surface area contributed by atoms with Gasteiger partial charge in [-0.2, -0.15) is 0 Å². The number of nitrogens with zero attached hydrogens (tertiary/aromatic N) is 5. The predicted octanol–water partition coefficient (Wildman–Crippen LogP) is 2.30. The minimum Gasteiger partial charge on any atom is -0.478 e. The molecule has 35 heavy (non-hydrogen) atoms. The van der Waals surface area contributed by atoms with Gasteiger partial charge >= 0.3 is 11.9 Å². The first-order valence-corrected chi connectivity index (χ1v) is 11.4. The number of carboxylic acid groups (broad SMARTS) is 2. The lowest BCUT2D eigenvalue weighted by molar-refractivity contribution is -0.134. The van der Waals surface area contributed by atoms with Crippen molar-refractivity contribution in [2.45, 2.75) is 19.3 Å². The lowest BCUT2D eigenvalue weighted by atomic mass is 10.0. The molecule has 1 aromatic heterocycles. The van der Waals surface area contributed by atoms with Crippen molar-refractivity contribution < 1.29 is 24.2 Å². The monoisotopic (exact) mass is 484 g/mol. The fourth-order valence-corrected chi connectivity index (χ4v) is 3.74. The molecule has 1 aromatic carbocycles. The lowest BCUT2D eigenvalue weighted by Crippen LogP contribution is -2.47. The molecular weight excluding hydrogens is 455 g/mol. The third-order valence-corrected chi connectivity index (χ3v) is 5.49. The fraction of sp³-hybridized carbons (Fsp3) is 0.375. The summed E-state index contributed by atoms with van der Waals surface area (Å²) in [4.78, 5) is 36.5. The summed E-state index contributed by atoms with van der Waals surface area (Å²) in [5.74, 6) is -1.19. The van der Waals surface area contributed by atoms with Gasteiger partial charge in [0, 0.05) is 63.5 Å². The normalized spacial score (nSPS) is 16.8. The molecule has 10 nitrogen and oxygen atoms in total. The van der Waals surface area contributed by atoms with Crippen molar-refractivity contribution in [2.24, 2.45) is 4.99 Å². The topological polar surface area (TPSA) is 131 Å². The van der Waals surface area contributed by atoms with Gasteiger partial charge in [0.05, 0.1) is 12.4 Å². The Labute approximate surface area is 202 Å². The van der Waals surface area contributed by atoms with Crippen LogP contribution in [0, 0.1) is 5.82 Å². The number of para-hydroxylation sites is 1. The number of benzene rings is 1. The number of piperazine rings is 1. The van der Waals surface area contributed by atoms with Crippen molar-refractivity contribution in [1.29, 1.82) is 0 Å². The Morgan fingerprint density at radius 3 is 2.34 bits per heavy atom. The Kier molecular flexibility index (Phi) is 9.67. The summed E-state index contributed by atoms with van der Waals surface area (Å²) in [5.41, 5.74) is 2.57. The Bertz CT molecular complexity index is 1040. The fourth-order valence-electron chi connectivity index (χ4n) is 3.74. The molecule has 0 spiro atoms. The highest BCUT2D eigenvalue weighted by Gasteiger charge is 2.18. The molecule has 0 saturated carbocycles. The summed E-state index contributed by atoms with van der Waals surface area (Å²) in [7, 11) is 0. The number of hydrogen-bond donors (Lipinski definition) is 3. The van der Waals surface area contributed by atoms with Crippen molar-refractivity contribution in [1.82, 2.24) is 14.9 Å². The molecule has 2 aliphatic rings. The van der Waals surface area contributed by atoms with E-state index in [9.17, 15) is 14.0 Å². The summed E-state index contributed by atoms with van der Waals surface area (Å²) in [6, 6.07) is 8.44. The maximum atomic E-state index is 12.9. The average Bonchev–Trinajstić information content (AvgIpc) is 2.86. The Morgan fingerprint density at radius 1 is 1.03 bits per heavy atom. The van der Waals surface area contributed by atoms with Crippen LogP contribution in [0.15, 0.2) is 53.8 Å². The van der Waals surface area contributed by atoms with Gasteiger partial charge in [-0.3, -0.25) is 9.89 Å². The molecule has 2 aliphatic heterocycles. The van der Waals surface area contributed by atoms with Crippen molar-refractivity contribution in [3.05, 3.63) is 60.2 Å². The average molecular weight is 485 g/mol. The van der Waals surface area contributed by atoms with E-state index in [0.29, 0.717) is 18.1 Å². The molecule has 3 heterocycles. The summed E-state index contributed by atoms with van der Waals surface area (Å²) in [6.45, 7) is 5.60. The molecule has 0 radical (unpaired) electrons. The quantitative estimate of drug-likeness (QED) is 0.400. The Balaban J connectivity index is 0.000000371. The van der Waals surface area contributed by atoms with Gasteiger partial charge in [0.25, 0.3) is 0 Å². The third-order valence-electron chi connectivity index (χ3n) is 5.49. The molecule has 1 fully saturated rings. The van der Waals surface area contributed by atoms with E-state index in [1.807, 2.05) is 0 Å². The SMILES string of the molecule is Fc1cnc(N2CCN(CCCN=C3CCc4ccccc4N3)CC2)nc1.O=C(O)/C=C/C(=O)O. The van der Waals surface area contributed by atoms with Crippen LogP contribution in [0.3, 0.4) is 0 Å². The number of carbonyl (C=O) groups is 2. The van der Waals surface area contributed by atoms with Crippen molar-refractivity contribution in [3.8, 4) is 0 Å². The molecule has 0 bridgehead atoms. The molecule has 11 heteroatoms. The van der Waals surface area contributed by atoms with Crippen LogP contribution in [0.4, 0.5) is 16.0 Å². The van der Waals surface area contributed by atoms with E-state index >= 15 is 0 Å². The molecule has 2 aromatic rings. The highest BCUT2D eigenvalue weighted by Crippen LogP contribution is 2.22. The molecule has 1 saturated heterocycles. The number of amidine groups is 1. The summed E-state index contributed by atoms with van der Waals surface area (Å²) >= 11 is 0. The van der Waals surface area contributed by atoms with Gasteiger partial charge in [0.1, 0.15) is 5.84 Å². The Hall–Kier alpha value is -3.86. The summed E-state index contributed by atoms with van der Waals surface area (Å²) in [6.07, 6.45) is 6.68. The van der Waals surface area contributed by atoms with Crippen molar-refractivity contribution >= 4 is 29.4 Å². The minimum atomic E-state index is -1.26. The van der Waals surface area contributed by atoms with Gasteiger partial charge in [-0.25, -0.2) is 23.9 Å². The largest absolute Gasteiger partial charge is 0.478 e. The summed E-state index contributed by atoms with van der Waals surface area (Å²) in [5, 5.41) is 19.1. The number of carboxylic acids is 2. The number of aliphatic carboxylic acids is 2. The molecular formula is C24H29FN6O4. The molecule has 0 amide bonds. The van der Waals surface area contributed by atoms with Crippen LogP contribution < -0.4 is 10.2 Å². The highest BCUT2D eigenvalue weighted by molar-refractivity contribution is 5.98. The van der Waals surface area contributed by atoms with Crippen molar-refractivity contribution in [3.63, 3.8) is 0 Å². The van der Waals surface area contributed by atoms with Gasteiger partial charge in [0.2, 0.25) is 5.95 Å². The number of hydrogen-bond acceptors (Lipinski definition) is 7. The predicted molar refractivity (Wildman–Crippen MR) is 130 cm³/mol. The molecule has 3 N–H and O–H groups in total. The van der Waals surface area contributed by atoms with Crippen LogP contribution in [0.2, 0.25) is 0 Å². The first-order valence-electron chi connectivity index (χ1n) is 11.4. The number of aliphatic imine (C=N–C) groups is 1. The summed E-state index contributed by atoms with van der Waals surface area (Å²) < 4.78 is 12.9. The van der Waals surface area contributed by atoms with Crippen LogP contribution >= 0.6 is 0 Å². The van der Waals surface area contributed by atoms with E-state index in [0.717, 1.165) is 64.4 Å². The maximum absolute atomic E-state index is 12.9. The molecule has 4 rings (SSSR count). The standard InChI is InChI=1S/C20H25FN6.C4H4O4/c21-17-14-23-20(24-15-17)27-12-10-26(11-13-27)9-3-8-22-19-7-6-16-4-1-2-5-18(16)25-19;5-3(6)1-2-4(7)8/h1-2,4-5,14-15H,3,6-13H2,(H,22,25);1-2H,(H,5,6)(H,7,8)/b;2-1+. The number of aryl methyl sites for hydroxylation is 1. The van der Waals surface area contributed by atoms with E-state index in [2.05, 4.69) is 49.4 Å². The van der Waals surface area contributed by atoms with Gasteiger partial charge in [-0.05, 0) is 24.5 Å². The zero-order valence-electron chi connectivity index (χ0n) is 19.3. The van der Waals surface area contributed by atoms with E-state index in [1.54, 1.807) is 0 Å². The van der Waals surface area contributed by atoms with Gasteiger partial charge in [-0.1, -0.05) is 18.2 Å². The zero-order valence-corrected chi connectivity index (χ0v) is 19.3. The zero-order chi connectivity index (χ0) is 25.0. The first kappa shape index (κ1) is 25.8.